The van der Waals surface area contributed by atoms with Crippen LogP contribution in [0.1, 0.15) is 0 Å². The summed E-state index contributed by atoms with van der Waals surface area (Å²) in [4.78, 5) is 11.2. The van der Waals surface area contributed by atoms with Crippen LogP contribution in [0.25, 0.3) is 0 Å². The molecular formula is C2H4F3NOSi. The van der Waals surface area contributed by atoms with Crippen LogP contribution in [0, 0.1) is 0 Å². The van der Waals surface area contributed by atoms with Crippen molar-refractivity contribution < 1.29 is 18.0 Å². The molecule has 8 heavy (non-hydrogen) atoms. The van der Waals surface area contributed by atoms with Gasteiger partial charge in [-0.2, -0.15) is 13.2 Å². The van der Waals surface area contributed by atoms with Crippen LogP contribution in [0.4, 0.5) is 13.2 Å². The van der Waals surface area contributed by atoms with E-state index in [9.17, 15) is 18.0 Å². The summed E-state index contributed by atoms with van der Waals surface area (Å²) in [6.45, 7) is 0. The lowest BCUT2D eigenvalue weighted by atomic mass is 10.6. The predicted molar refractivity (Wildman–Crippen MR) is 24.1 cm³/mol. The second-order valence-corrected chi connectivity index (χ2v) is 1.58. The normalized spacial score (nSPS) is 11.4. The minimum Gasteiger partial charge on any atom is -0.383 e. The SMILES string of the molecule is O=C(N[SiH3])C(F)(F)F. The maximum atomic E-state index is 11.1. The number of alkyl halides is 3. The number of carbonyl (C=O) groups excluding carboxylic acids is 1. The van der Waals surface area contributed by atoms with Crippen molar-refractivity contribution in [2.45, 2.75) is 6.18 Å². The first-order valence-corrected chi connectivity index (χ1v) is 2.77. The molecule has 0 aliphatic rings. The number of hydrogen-bond donors (Lipinski definition) is 1. The van der Waals surface area contributed by atoms with Crippen molar-refractivity contribution in [2.24, 2.45) is 0 Å². The molecule has 0 saturated carbocycles. The Balaban J connectivity index is 3.82. The fraction of sp³-hybridized carbons (Fsp3) is 0.500. The first-order chi connectivity index (χ1) is 3.48. The van der Waals surface area contributed by atoms with Crippen molar-refractivity contribution in [3.63, 3.8) is 0 Å². The Kier molecular flexibility index (Phi) is 2.02. The standard InChI is InChI=1S/C2H4F3NOSi/c3-2(4,5)1(7)6-8/h8H3,(H,6,7). The van der Waals surface area contributed by atoms with E-state index in [1.165, 1.54) is 0 Å². The van der Waals surface area contributed by atoms with E-state index in [0.29, 0.717) is 0 Å². The van der Waals surface area contributed by atoms with E-state index in [0.717, 1.165) is 0 Å². The van der Waals surface area contributed by atoms with Crippen molar-refractivity contribution >= 4 is 16.3 Å². The van der Waals surface area contributed by atoms with E-state index in [-0.39, 0.29) is 10.4 Å². The van der Waals surface area contributed by atoms with Crippen molar-refractivity contribution in [1.82, 2.24) is 4.98 Å². The Morgan fingerprint density at radius 2 is 1.88 bits per heavy atom. The molecule has 1 N–H and O–H groups in total. The van der Waals surface area contributed by atoms with Gasteiger partial charge in [0, 0.05) is 0 Å². The van der Waals surface area contributed by atoms with Crippen LogP contribution >= 0.6 is 0 Å². The second-order valence-electron chi connectivity index (χ2n) is 1.08. The highest BCUT2D eigenvalue weighted by Gasteiger charge is 2.36. The maximum Gasteiger partial charge on any atom is 0.470 e. The molecule has 0 spiro atoms. The molecule has 0 aromatic heterocycles. The molecule has 2 nitrogen and oxygen atoms in total. The van der Waals surface area contributed by atoms with Gasteiger partial charge in [0.15, 0.2) is 0 Å². The second kappa shape index (κ2) is 2.16. The molecule has 48 valence electrons. The number of hydrogen-bond acceptors (Lipinski definition) is 1. The van der Waals surface area contributed by atoms with Gasteiger partial charge in [-0.1, -0.05) is 0 Å². The molecule has 0 bridgehead atoms. The average molecular weight is 143 g/mol. The van der Waals surface area contributed by atoms with Crippen LogP contribution in [0.2, 0.25) is 0 Å². The molecule has 6 heteroatoms. The average Bonchev–Trinajstić information content (AvgIpc) is 1.62. The first kappa shape index (κ1) is 7.48. The van der Waals surface area contributed by atoms with Gasteiger partial charge in [-0.05, 0) is 0 Å². The summed E-state index contributed by atoms with van der Waals surface area (Å²) in [6.07, 6.45) is -4.71. The summed E-state index contributed by atoms with van der Waals surface area (Å²) in [6, 6.07) is 0. The van der Waals surface area contributed by atoms with Gasteiger partial charge in [0.1, 0.15) is 10.4 Å². The smallest absolute Gasteiger partial charge is 0.383 e. The fourth-order valence-corrected chi connectivity index (χ4v) is 0.425. The minimum atomic E-state index is -4.71. The van der Waals surface area contributed by atoms with Crippen molar-refractivity contribution in [3.8, 4) is 0 Å². The molecule has 0 atom stereocenters. The molecule has 0 saturated heterocycles. The number of amides is 1. The highest BCUT2D eigenvalue weighted by Crippen LogP contribution is 2.13. The third kappa shape index (κ3) is 1.96. The Morgan fingerprint density at radius 3 is 1.88 bits per heavy atom. The van der Waals surface area contributed by atoms with E-state index in [1.807, 2.05) is 0 Å². The molecule has 0 radical (unpaired) electrons. The third-order valence-electron chi connectivity index (χ3n) is 0.485. The Labute approximate surface area is 46.6 Å². The largest absolute Gasteiger partial charge is 0.470 e. The fourth-order valence-electron chi connectivity index (χ4n) is 0.142. The van der Waals surface area contributed by atoms with Crippen molar-refractivity contribution in [3.05, 3.63) is 0 Å². The quantitative estimate of drug-likeness (QED) is 0.430. The lowest BCUT2D eigenvalue weighted by Crippen LogP contribution is -2.34. The third-order valence-corrected chi connectivity index (χ3v) is 0.939. The number of carbonyl (C=O) groups is 1. The van der Waals surface area contributed by atoms with Crippen molar-refractivity contribution in [2.75, 3.05) is 0 Å². The van der Waals surface area contributed by atoms with E-state index < -0.39 is 12.1 Å². The van der Waals surface area contributed by atoms with E-state index in [1.54, 1.807) is 4.98 Å². The van der Waals surface area contributed by atoms with Crippen molar-refractivity contribution in [1.29, 1.82) is 0 Å². The predicted octanol–water partition coefficient (Wildman–Crippen LogP) is -1.05. The van der Waals surface area contributed by atoms with Gasteiger partial charge in [0.25, 0.3) is 0 Å². The highest BCUT2D eigenvalue weighted by atomic mass is 28.2. The van der Waals surface area contributed by atoms with E-state index in [2.05, 4.69) is 0 Å². The van der Waals surface area contributed by atoms with Crippen LogP contribution in [-0.4, -0.2) is 22.5 Å². The van der Waals surface area contributed by atoms with Crippen LogP contribution < -0.4 is 4.98 Å². The molecular weight excluding hydrogens is 139 g/mol. The summed E-state index contributed by atoms with van der Waals surface area (Å²) >= 11 is 0. The van der Waals surface area contributed by atoms with Gasteiger partial charge in [0.05, 0.1) is 0 Å². The monoisotopic (exact) mass is 143 g/mol. The summed E-state index contributed by atoms with van der Waals surface area (Å²) < 4.78 is 33.2. The zero-order valence-corrected chi connectivity index (χ0v) is 6.04. The summed E-state index contributed by atoms with van der Waals surface area (Å²) in [5, 5.41) is 0. The molecule has 0 rings (SSSR count). The van der Waals surface area contributed by atoms with E-state index >= 15 is 0 Å². The van der Waals surface area contributed by atoms with Gasteiger partial charge in [-0.3, -0.25) is 4.79 Å². The van der Waals surface area contributed by atoms with E-state index in [4.69, 9.17) is 0 Å². The zero-order chi connectivity index (χ0) is 6.78. The molecule has 0 aromatic rings. The Hall–Kier alpha value is -0.523. The zero-order valence-electron chi connectivity index (χ0n) is 4.04. The molecule has 0 aromatic carbocycles. The lowest BCUT2D eigenvalue weighted by Gasteiger charge is -2.01. The van der Waals surface area contributed by atoms with Crippen LogP contribution in [0.3, 0.4) is 0 Å². The Bertz CT molecular complexity index is 99.9. The molecule has 0 heterocycles. The van der Waals surface area contributed by atoms with Gasteiger partial charge in [-0.15, -0.1) is 0 Å². The van der Waals surface area contributed by atoms with Gasteiger partial charge >= 0.3 is 12.1 Å². The van der Waals surface area contributed by atoms with Crippen LogP contribution in [0.15, 0.2) is 0 Å². The molecule has 0 aliphatic heterocycles. The van der Waals surface area contributed by atoms with Gasteiger partial charge < -0.3 is 4.98 Å². The van der Waals surface area contributed by atoms with Gasteiger partial charge in [0.2, 0.25) is 0 Å². The maximum absolute atomic E-state index is 11.1. The number of halogens is 3. The first-order valence-electron chi connectivity index (χ1n) is 1.77. The summed E-state index contributed by atoms with van der Waals surface area (Å²) in [5.74, 6) is -1.86. The minimum absolute atomic E-state index is 0.0341. The van der Waals surface area contributed by atoms with Crippen LogP contribution in [-0.2, 0) is 4.79 Å². The molecule has 1 amide bonds. The van der Waals surface area contributed by atoms with Gasteiger partial charge in [-0.25, -0.2) is 0 Å². The Morgan fingerprint density at radius 1 is 1.50 bits per heavy atom. The number of nitrogens with one attached hydrogen (secondary N) is 1. The molecule has 0 fully saturated rings. The van der Waals surface area contributed by atoms with Crippen LogP contribution in [0.5, 0.6) is 0 Å². The summed E-state index contributed by atoms with van der Waals surface area (Å²) in [5.41, 5.74) is 0. The molecule has 0 aliphatic carbocycles. The lowest BCUT2D eigenvalue weighted by molar-refractivity contribution is -0.171. The molecule has 0 unspecified atom stereocenters. The topological polar surface area (TPSA) is 29.1 Å². The summed E-state index contributed by atoms with van der Waals surface area (Å²) in [7, 11) is 0.0341. The highest BCUT2D eigenvalue weighted by molar-refractivity contribution is 6.15. The number of rotatable bonds is 0.